The highest BCUT2D eigenvalue weighted by molar-refractivity contribution is 5.69. The predicted octanol–water partition coefficient (Wildman–Crippen LogP) is 8.84. The van der Waals surface area contributed by atoms with E-state index in [1.165, 1.54) is 116 Å². The van der Waals surface area contributed by atoms with Crippen molar-refractivity contribution >= 4 is 5.97 Å². The summed E-state index contributed by atoms with van der Waals surface area (Å²) in [5.74, 6) is -0.0258. The molecular formula is C31H63NO3. The predicted molar refractivity (Wildman–Crippen MR) is 152 cm³/mol. The standard InChI is InChI=1S/C31H63NO3/c1-3-5-7-9-11-13-14-16-18-22-26-32(28-29-33)27-23-20-21-25-31(34)35-30-24-19-17-15-12-10-8-6-4-2/h33H,3-30H2,1-2H3. The Kier molecular flexibility index (Phi) is 29.1. The van der Waals surface area contributed by atoms with Crippen LogP contribution in [0.3, 0.4) is 0 Å². The van der Waals surface area contributed by atoms with Gasteiger partial charge in [0.25, 0.3) is 0 Å². The smallest absolute Gasteiger partial charge is 0.305 e. The molecule has 0 bridgehead atoms. The molecule has 210 valence electrons. The molecule has 0 saturated heterocycles. The van der Waals surface area contributed by atoms with Crippen molar-refractivity contribution in [3.05, 3.63) is 0 Å². The van der Waals surface area contributed by atoms with Gasteiger partial charge in [0.15, 0.2) is 0 Å². The van der Waals surface area contributed by atoms with Gasteiger partial charge in [-0.2, -0.15) is 0 Å². The van der Waals surface area contributed by atoms with Gasteiger partial charge in [0, 0.05) is 13.0 Å². The zero-order valence-corrected chi connectivity index (χ0v) is 24.0. The van der Waals surface area contributed by atoms with Crippen molar-refractivity contribution in [2.75, 3.05) is 32.8 Å². The highest BCUT2D eigenvalue weighted by Crippen LogP contribution is 2.12. The Hall–Kier alpha value is -0.610. The Morgan fingerprint density at radius 2 is 0.943 bits per heavy atom. The minimum atomic E-state index is -0.0258. The number of hydrogen-bond acceptors (Lipinski definition) is 4. The molecule has 4 heteroatoms. The molecule has 0 aliphatic heterocycles. The first-order valence-electron chi connectivity index (χ1n) is 15.7. The molecule has 35 heavy (non-hydrogen) atoms. The summed E-state index contributed by atoms with van der Waals surface area (Å²) in [5.41, 5.74) is 0. The molecule has 0 aliphatic rings. The van der Waals surface area contributed by atoms with Crippen LogP contribution in [0.5, 0.6) is 0 Å². The second-order valence-electron chi connectivity index (χ2n) is 10.6. The van der Waals surface area contributed by atoms with Crippen LogP contribution in [0.25, 0.3) is 0 Å². The largest absolute Gasteiger partial charge is 0.466 e. The molecule has 0 fully saturated rings. The van der Waals surface area contributed by atoms with Gasteiger partial charge in [0.2, 0.25) is 0 Å². The fourth-order valence-electron chi connectivity index (χ4n) is 4.75. The number of nitrogens with zero attached hydrogens (tertiary/aromatic N) is 1. The highest BCUT2D eigenvalue weighted by Gasteiger charge is 2.06. The van der Waals surface area contributed by atoms with Gasteiger partial charge in [-0.05, 0) is 38.8 Å². The minimum absolute atomic E-state index is 0.0258. The van der Waals surface area contributed by atoms with Crippen LogP contribution < -0.4 is 0 Å². The van der Waals surface area contributed by atoms with Gasteiger partial charge in [0.1, 0.15) is 0 Å². The first-order chi connectivity index (χ1) is 17.2. The number of hydrogen-bond donors (Lipinski definition) is 1. The average Bonchev–Trinajstić information content (AvgIpc) is 2.86. The Morgan fingerprint density at radius 1 is 0.543 bits per heavy atom. The van der Waals surface area contributed by atoms with E-state index in [-0.39, 0.29) is 12.6 Å². The van der Waals surface area contributed by atoms with Crippen LogP contribution in [0.15, 0.2) is 0 Å². The van der Waals surface area contributed by atoms with E-state index in [4.69, 9.17) is 4.74 Å². The van der Waals surface area contributed by atoms with Gasteiger partial charge < -0.3 is 14.7 Å². The summed E-state index contributed by atoms with van der Waals surface area (Å²) in [6.45, 7) is 8.27. The van der Waals surface area contributed by atoms with Crippen LogP contribution in [0, 0.1) is 0 Å². The van der Waals surface area contributed by atoms with E-state index < -0.39 is 0 Å². The van der Waals surface area contributed by atoms with Gasteiger partial charge >= 0.3 is 5.97 Å². The molecule has 0 amide bonds. The van der Waals surface area contributed by atoms with Gasteiger partial charge in [0.05, 0.1) is 13.2 Å². The average molecular weight is 498 g/mol. The SMILES string of the molecule is CCCCCCCCCCCCN(CCO)CCCCCC(=O)OCCCCCCCCCCC. The van der Waals surface area contributed by atoms with E-state index in [2.05, 4.69) is 18.7 Å². The van der Waals surface area contributed by atoms with E-state index >= 15 is 0 Å². The van der Waals surface area contributed by atoms with Crippen molar-refractivity contribution in [1.29, 1.82) is 0 Å². The minimum Gasteiger partial charge on any atom is -0.466 e. The number of esters is 1. The zero-order valence-electron chi connectivity index (χ0n) is 24.0. The van der Waals surface area contributed by atoms with E-state index in [0.717, 1.165) is 45.3 Å². The third kappa shape index (κ3) is 27.8. The number of unbranched alkanes of at least 4 members (excludes halogenated alkanes) is 19. The van der Waals surface area contributed by atoms with Crippen LogP contribution >= 0.6 is 0 Å². The summed E-state index contributed by atoms with van der Waals surface area (Å²) >= 11 is 0. The molecule has 1 N–H and O–H groups in total. The Bertz CT molecular complexity index is 416. The lowest BCUT2D eigenvalue weighted by Crippen LogP contribution is -2.29. The van der Waals surface area contributed by atoms with Gasteiger partial charge in [-0.1, -0.05) is 129 Å². The molecule has 0 aliphatic carbocycles. The van der Waals surface area contributed by atoms with Crippen LogP contribution in [-0.2, 0) is 9.53 Å². The molecule has 0 heterocycles. The zero-order chi connectivity index (χ0) is 25.7. The maximum absolute atomic E-state index is 11.9. The fourth-order valence-corrected chi connectivity index (χ4v) is 4.75. The van der Waals surface area contributed by atoms with E-state index in [1.807, 2.05) is 0 Å². The van der Waals surface area contributed by atoms with Gasteiger partial charge in [-0.25, -0.2) is 0 Å². The molecule has 0 aromatic carbocycles. The van der Waals surface area contributed by atoms with Crippen LogP contribution in [0.4, 0.5) is 0 Å². The second kappa shape index (κ2) is 29.6. The van der Waals surface area contributed by atoms with Crippen LogP contribution in [0.2, 0.25) is 0 Å². The van der Waals surface area contributed by atoms with E-state index in [9.17, 15) is 9.90 Å². The molecule has 0 atom stereocenters. The lowest BCUT2D eigenvalue weighted by atomic mass is 10.1. The summed E-state index contributed by atoms with van der Waals surface area (Å²) in [7, 11) is 0. The summed E-state index contributed by atoms with van der Waals surface area (Å²) in [6, 6.07) is 0. The maximum Gasteiger partial charge on any atom is 0.305 e. The summed E-state index contributed by atoms with van der Waals surface area (Å²) < 4.78 is 5.40. The summed E-state index contributed by atoms with van der Waals surface area (Å²) in [6.07, 6.45) is 28.8. The van der Waals surface area contributed by atoms with E-state index in [1.54, 1.807) is 0 Å². The van der Waals surface area contributed by atoms with Crippen LogP contribution in [-0.4, -0.2) is 48.8 Å². The van der Waals surface area contributed by atoms with Crippen molar-refractivity contribution in [2.45, 2.75) is 162 Å². The molecule has 0 rings (SSSR count). The molecule has 0 aromatic heterocycles. The van der Waals surface area contributed by atoms with Crippen molar-refractivity contribution in [1.82, 2.24) is 4.90 Å². The van der Waals surface area contributed by atoms with Gasteiger partial charge in [-0.15, -0.1) is 0 Å². The molecule has 0 radical (unpaired) electrons. The Balaban J connectivity index is 3.50. The Morgan fingerprint density at radius 3 is 1.40 bits per heavy atom. The number of aliphatic hydroxyl groups is 1. The number of carbonyl (C=O) groups is 1. The topological polar surface area (TPSA) is 49.8 Å². The normalized spacial score (nSPS) is 11.4. The fraction of sp³-hybridized carbons (Fsp3) is 0.968. The lowest BCUT2D eigenvalue weighted by molar-refractivity contribution is -0.143. The monoisotopic (exact) mass is 497 g/mol. The van der Waals surface area contributed by atoms with Crippen molar-refractivity contribution in [3.8, 4) is 0 Å². The number of carbonyl (C=O) groups excluding carboxylic acids is 1. The molecular weight excluding hydrogens is 434 g/mol. The second-order valence-corrected chi connectivity index (χ2v) is 10.6. The van der Waals surface area contributed by atoms with Gasteiger partial charge in [-0.3, -0.25) is 4.79 Å². The first kappa shape index (κ1) is 34.4. The summed E-state index contributed by atoms with van der Waals surface area (Å²) in [5, 5.41) is 9.36. The first-order valence-corrected chi connectivity index (χ1v) is 15.7. The number of aliphatic hydroxyl groups excluding tert-OH is 1. The number of ether oxygens (including phenoxy) is 1. The third-order valence-electron chi connectivity index (χ3n) is 7.11. The molecule has 0 aromatic rings. The number of rotatable bonds is 29. The third-order valence-corrected chi connectivity index (χ3v) is 7.11. The summed E-state index contributed by atoms with van der Waals surface area (Å²) in [4.78, 5) is 14.3. The van der Waals surface area contributed by atoms with Crippen molar-refractivity contribution < 1.29 is 14.6 Å². The van der Waals surface area contributed by atoms with Crippen molar-refractivity contribution in [3.63, 3.8) is 0 Å². The maximum atomic E-state index is 11.9. The quantitative estimate of drug-likeness (QED) is 0.0828. The van der Waals surface area contributed by atoms with E-state index in [0.29, 0.717) is 13.0 Å². The Labute approximate surface area is 220 Å². The molecule has 0 spiro atoms. The lowest BCUT2D eigenvalue weighted by Gasteiger charge is -2.21. The molecule has 0 saturated carbocycles. The molecule has 4 nitrogen and oxygen atoms in total. The molecule has 0 unspecified atom stereocenters. The van der Waals surface area contributed by atoms with Crippen LogP contribution in [0.1, 0.15) is 162 Å². The highest BCUT2D eigenvalue weighted by atomic mass is 16.5. The van der Waals surface area contributed by atoms with Crippen molar-refractivity contribution in [2.24, 2.45) is 0 Å².